The number of rotatable bonds is 6. The number of carbonyl (C=O) groups is 1. The van der Waals surface area contributed by atoms with Crippen LogP contribution >= 0.6 is 0 Å². The number of ether oxygens (including phenoxy) is 2. The minimum absolute atomic E-state index is 0.109. The van der Waals surface area contributed by atoms with Crippen molar-refractivity contribution < 1.29 is 22.7 Å². The van der Waals surface area contributed by atoms with Crippen molar-refractivity contribution in [2.75, 3.05) is 30.5 Å². The molecule has 0 spiro atoms. The maximum atomic E-state index is 13.4. The number of amides is 1. The minimum Gasteiger partial charge on any atom is -0.486 e. The first-order chi connectivity index (χ1) is 16.5. The lowest BCUT2D eigenvalue weighted by Gasteiger charge is -2.31. The third kappa shape index (κ3) is 4.09. The standard InChI is InChI=1S/C26H26N2O5S/c1-2-27(17-21-18-32-24-12-5-6-13-25(24)33-21)26(29)20-9-7-10-22(16-20)34(30,31)28-15-14-19-8-3-4-11-23(19)28/h3-13,16,21H,2,14-15,17-18H2,1H3/t21-/m1/s1. The first-order valence-electron chi connectivity index (χ1n) is 11.4. The number of nitrogens with zero attached hydrogens (tertiary/aromatic N) is 2. The van der Waals surface area contributed by atoms with E-state index in [9.17, 15) is 13.2 Å². The van der Waals surface area contributed by atoms with Crippen LogP contribution in [0.1, 0.15) is 22.8 Å². The van der Waals surface area contributed by atoms with Crippen molar-refractivity contribution in [3.8, 4) is 11.5 Å². The number of sulfonamides is 1. The lowest BCUT2D eigenvalue weighted by Crippen LogP contribution is -2.43. The van der Waals surface area contributed by atoms with Crippen molar-refractivity contribution in [3.63, 3.8) is 0 Å². The van der Waals surface area contributed by atoms with Gasteiger partial charge >= 0.3 is 0 Å². The Labute approximate surface area is 199 Å². The van der Waals surface area contributed by atoms with E-state index in [4.69, 9.17) is 9.47 Å². The Morgan fingerprint density at radius 3 is 2.62 bits per heavy atom. The van der Waals surface area contributed by atoms with Gasteiger partial charge in [-0.3, -0.25) is 9.10 Å². The molecule has 2 aliphatic heterocycles. The van der Waals surface area contributed by atoms with Gasteiger partial charge in [0.15, 0.2) is 17.6 Å². The average Bonchev–Trinajstić information content (AvgIpc) is 3.32. The zero-order chi connectivity index (χ0) is 23.7. The summed E-state index contributed by atoms with van der Waals surface area (Å²) >= 11 is 0. The molecule has 1 atom stereocenters. The molecule has 2 aliphatic rings. The van der Waals surface area contributed by atoms with Crippen molar-refractivity contribution in [2.45, 2.75) is 24.3 Å². The van der Waals surface area contributed by atoms with E-state index >= 15 is 0 Å². The highest BCUT2D eigenvalue weighted by Crippen LogP contribution is 2.33. The molecular formula is C26H26N2O5S. The van der Waals surface area contributed by atoms with Gasteiger partial charge < -0.3 is 14.4 Å². The summed E-state index contributed by atoms with van der Waals surface area (Å²) in [6.07, 6.45) is 0.358. The summed E-state index contributed by atoms with van der Waals surface area (Å²) in [6.45, 7) is 3.40. The number of likely N-dealkylation sites (N-methyl/N-ethyl adjacent to an activating group) is 1. The van der Waals surface area contributed by atoms with Crippen LogP contribution in [0.5, 0.6) is 11.5 Å². The van der Waals surface area contributed by atoms with E-state index in [1.165, 1.54) is 10.4 Å². The molecule has 0 bridgehead atoms. The van der Waals surface area contributed by atoms with E-state index in [-0.39, 0.29) is 16.9 Å². The number of carbonyl (C=O) groups excluding carboxylic acids is 1. The summed E-state index contributed by atoms with van der Waals surface area (Å²) in [6, 6.07) is 21.2. The molecule has 1 amide bonds. The van der Waals surface area contributed by atoms with Crippen LogP contribution in [0, 0.1) is 0 Å². The van der Waals surface area contributed by atoms with E-state index in [1.807, 2.05) is 55.5 Å². The summed E-state index contributed by atoms with van der Waals surface area (Å²) in [5.41, 5.74) is 2.03. The van der Waals surface area contributed by atoms with E-state index in [0.717, 1.165) is 5.56 Å². The number of hydrogen-bond donors (Lipinski definition) is 0. The van der Waals surface area contributed by atoms with Crippen molar-refractivity contribution >= 4 is 21.6 Å². The maximum absolute atomic E-state index is 13.4. The Kier molecular flexibility index (Phi) is 5.91. The highest BCUT2D eigenvalue weighted by Gasteiger charge is 2.31. The molecule has 8 heteroatoms. The first kappa shape index (κ1) is 22.3. The van der Waals surface area contributed by atoms with Crippen LogP contribution in [0.4, 0.5) is 5.69 Å². The fourth-order valence-corrected chi connectivity index (χ4v) is 5.96. The molecule has 34 heavy (non-hydrogen) atoms. The zero-order valence-electron chi connectivity index (χ0n) is 18.9. The predicted molar refractivity (Wildman–Crippen MR) is 129 cm³/mol. The first-order valence-corrected chi connectivity index (χ1v) is 12.8. The molecule has 0 saturated heterocycles. The van der Waals surface area contributed by atoms with E-state index in [1.54, 1.807) is 23.1 Å². The second-order valence-corrected chi connectivity index (χ2v) is 10.2. The van der Waals surface area contributed by atoms with Crippen LogP contribution in [0.15, 0.2) is 77.7 Å². The van der Waals surface area contributed by atoms with Gasteiger partial charge in [0.1, 0.15) is 6.61 Å². The molecule has 2 heterocycles. The SMILES string of the molecule is CCN(C[C@@H]1COc2ccccc2O1)C(=O)c1cccc(S(=O)(=O)N2CCc3ccccc32)c1. The molecular weight excluding hydrogens is 452 g/mol. The lowest BCUT2D eigenvalue weighted by molar-refractivity contribution is 0.0475. The second-order valence-electron chi connectivity index (χ2n) is 8.33. The Hall–Kier alpha value is -3.52. The van der Waals surface area contributed by atoms with Gasteiger partial charge in [-0.15, -0.1) is 0 Å². The molecule has 3 aromatic rings. The summed E-state index contributed by atoms with van der Waals surface area (Å²) in [7, 11) is -3.78. The van der Waals surface area contributed by atoms with Crippen LogP contribution in [0.25, 0.3) is 0 Å². The van der Waals surface area contributed by atoms with Gasteiger partial charge in [0.2, 0.25) is 0 Å². The van der Waals surface area contributed by atoms with E-state index in [2.05, 4.69) is 0 Å². The van der Waals surface area contributed by atoms with Crippen LogP contribution < -0.4 is 13.8 Å². The minimum atomic E-state index is -3.78. The topological polar surface area (TPSA) is 76.1 Å². The number of hydrogen-bond acceptors (Lipinski definition) is 5. The van der Waals surface area contributed by atoms with Gasteiger partial charge in [-0.1, -0.05) is 36.4 Å². The molecule has 0 N–H and O–H groups in total. The molecule has 5 rings (SSSR count). The number of fused-ring (bicyclic) bond motifs is 2. The van der Waals surface area contributed by atoms with Gasteiger partial charge in [0.05, 0.1) is 17.1 Å². The zero-order valence-corrected chi connectivity index (χ0v) is 19.7. The fourth-order valence-electron chi connectivity index (χ4n) is 4.41. The predicted octanol–water partition coefficient (Wildman–Crippen LogP) is 3.74. The van der Waals surface area contributed by atoms with Gasteiger partial charge in [0.25, 0.3) is 15.9 Å². The Morgan fingerprint density at radius 1 is 1.03 bits per heavy atom. The third-order valence-corrected chi connectivity index (χ3v) is 7.98. The fraction of sp³-hybridized carbons (Fsp3) is 0.269. The van der Waals surface area contributed by atoms with Gasteiger partial charge in [-0.2, -0.15) is 0 Å². The lowest BCUT2D eigenvalue weighted by atomic mass is 10.2. The van der Waals surface area contributed by atoms with E-state index < -0.39 is 10.0 Å². The number of para-hydroxylation sites is 3. The van der Waals surface area contributed by atoms with Crippen molar-refractivity contribution in [1.82, 2.24) is 4.90 Å². The highest BCUT2D eigenvalue weighted by atomic mass is 32.2. The van der Waals surface area contributed by atoms with Crippen LogP contribution in [-0.2, 0) is 16.4 Å². The number of anilines is 1. The van der Waals surface area contributed by atoms with Crippen molar-refractivity contribution in [2.24, 2.45) is 0 Å². The smallest absolute Gasteiger partial charge is 0.264 e. The molecule has 0 saturated carbocycles. The van der Waals surface area contributed by atoms with Gasteiger partial charge in [0, 0.05) is 18.7 Å². The average molecular weight is 479 g/mol. The van der Waals surface area contributed by atoms with Crippen LogP contribution in [0.3, 0.4) is 0 Å². The summed E-state index contributed by atoms with van der Waals surface area (Å²) in [5, 5.41) is 0. The normalized spacial score (nSPS) is 16.7. The highest BCUT2D eigenvalue weighted by molar-refractivity contribution is 7.92. The molecule has 0 fully saturated rings. The summed E-state index contributed by atoms with van der Waals surface area (Å²) < 4.78 is 40.0. The molecule has 0 unspecified atom stereocenters. The molecule has 3 aromatic carbocycles. The maximum Gasteiger partial charge on any atom is 0.264 e. The quantitative estimate of drug-likeness (QED) is 0.540. The summed E-state index contributed by atoms with van der Waals surface area (Å²) in [4.78, 5) is 15.1. The Balaban J connectivity index is 1.35. The van der Waals surface area contributed by atoms with Crippen molar-refractivity contribution in [3.05, 3.63) is 83.9 Å². The van der Waals surface area contributed by atoms with Gasteiger partial charge in [-0.25, -0.2) is 8.42 Å². The molecule has 0 radical (unpaired) electrons. The summed E-state index contributed by atoms with van der Waals surface area (Å²) in [5.74, 6) is 1.10. The Bertz CT molecular complexity index is 1320. The molecule has 0 aliphatic carbocycles. The van der Waals surface area contributed by atoms with Crippen molar-refractivity contribution in [1.29, 1.82) is 0 Å². The van der Waals surface area contributed by atoms with E-state index in [0.29, 0.717) is 55.4 Å². The third-order valence-electron chi connectivity index (χ3n) is 6.17. The monoisotopic (exact) mass is 478 g/mol. The largest absolute Gasteiger partial charge is 0.486 e. The molecule has 7 nitrogen and oxygen atoms in total. The van der Waals surface area contributed by atoms with Crippen LogP contribution in [-0.4, -0.2) is 51.6 Å². The van der Waals surface area contributed by atoms with Crippen LogP contribution in [0.2, 0.25) is 0 Å². The number of benzene rings is 3. The molecule has 176 valence electrons. The Morgan fingerprint density at radius 2 is 1.79 bits per heavy atom. The van der Waals surface area contributed by atoms with Gasteiger partial charge in [-0.05, 0) is 55.3 Å². The molecule has 0 aromatic heterocycles. The second kappa shape index (κ2) is 9.02.